The quantitative estimate of drug-likeness (QED) is 0.823. The van der Waals surface area contributed by atoms with Gasteiger partial charge in [-0.05, 0) is 80.5 Å². The highest BCUT2D eigenvalue weighted by atomic mass is 16.1. The largest absolute Gasteiger partial charge is 0.368 e. The number of nitrogens with two attached hydrogens (primary N) is 1. The molecule has 1 heterocycles. The second kappa shape index (κ2) is 5.95. The number of nitrogens with one attached hydrogen (secondary N) is 1. The third kappa shape index (κ3) is 2.43. The Morgan fingerprint density at radius 1 is 1.04 bits per heavy atom. The van der Waals surface area contributed by atoms with E-state index in [-0.39, 0.29) is 11.3 Å². The number of piperazine rings is 1. The number of primary amides is 1. The van der Waals surface area contributed by atoms with Crippen LogP contribution in [0, 0.1) is 29.1 Å². The number of rotatable bonds is 4. The van der Waals surface area contributed by atoms with Crippen molar-refractivity contribution in [3.05, 3.63) is 0 Å². The third-order valence-corrected chi connectivity index (χ3v) is 8.76. The summed E-state index contributed by atoms with van der Waals surface area (Å²) >= 11 is 0. The van der Waals surface area contributed by atoms with Crippen molar-refractivity contribution in [2.24, 2.45) is 34.8 Å². The van der Waals surface area contributed by atoms with Gasteiger partial charge < -0.3 is 11.1 Å². The molecular formula is C21H35N3O. The molecule has 140 valence electrons. The van der Waals surface area contributed by atoms with Gasteiger partial charge in [0.15, 0.2) is 0 Å². The first kappa shape index (κ1) is 16.6. The van der Waals surface area contributed by atoms with E-state index in [2.05, 4.69) is 10.2 Å². The van der Waals surface area contributed by atoms with Crippen molar-refractivity contribution in [3.8, 4) is 0 Å². The van der Waals surface area contributed by atoms with Gasteiger partial charge >= 0.3 is 0 Å². The summed E-state index contributed by atoms with van der Waals surface area (Å²) in [4.78, 5) is 15.7. The fourth-order valence-corrected chi connectivity index (χ4v) is 8.18. The van der Waals surface area contributed by atoms with E-state index in [0.29, 0.717) is 0 Å². The molecule has 1 amide bonds. The molecule has 0 spiro atoms. The molecule has 5 aliphatic carbocycles. The van der Waals surface area contributed by atoms with E-state index < -0.39 is 5.54 Å². The lowest BCUT2D eigenvalue weighted by molar-refractivity contribution is -0.173. The van der Waals surface area contributed by atoms with E-state index in [1.54, 1.807) is 0 Å². The minimum Gasteiger partial charge on any atom is -0.368 e. The van der Waals surface area contributed by atoms with Crippen LogP contribution >= 0.6 is 0 Å². The summed E-state index contributed by atoms with van der Waals surface area (Å²) in [5.74, 6) is 3.33. The lowest BCUT2D eigenvalue weighted by atomic mass is 9.44. The first-order valence-electron chi connectivity index (χ1n) is 10.9. The fourth-order valence-electron chi connectivity index (χ4n) is 8.18. The smallest absolute Gasteiger partial charge is 0.239 e. The standard InChI is InChI=1S/C21H35N3O/c22-19(25)21(14-23-5-6-24(21)13-15-3-1-2-4-15)20-10-16-7-17(11-20)9-18(8-16)12-20/h15-18,23H,1-14H2,(H2,22,25). The molecule has 0 radical (unpaired) electrons. The topological polar surface area (TPSA) is 58.4 Å². The maximum atomic E-state index is 13.1. The second-order valence-corrected chi connectivity index (χ2v) is 10.2. The van der Waals surface area contributed by atoms with Gasteiger partial charge in [-0.25, -0.2) is 0 Å². The fraction of sp³-hybridized carbons (Fsp3) is 0.952. The van der Waals surface area contributed by atoms with Gasteiger partial charge in [-0.15, -0.1) is 0 Å². The van der Waals surface area contributed by atoms with E-state index in [1.165, 1.54) is 64.2 Å². The van der Waals surface area contributed by atoms with Crippen molar-refractivity contribution in [1.29, 1.82) is 0 Å². The maximum Gasteiger partial charge on any atom is 0.239 e. The summed E-state index contributed by atoms with van der Waals surface area (Å²) in [5, 5.41) is 3.59. The number of carbonyl (C=O) groups is 1. The van der Waals surface area contributed by atoms with Crippen LogP contribution in [0.3, 0.4) is 0 Å². The van der Waals surface area contributed by atoms with Gasteiger partial charge in [-0.2, -0.15) is 0 Å². The minimum absolute atomic E-state index is 0.0281. The molecule has 1 saturated heterocycles. The van der Waals surface area contributed by atoms with Crippen LogP contribution in [0.15, 0.2) is 0 Å². The Labute approximate surface area is 152 Å². The van der Waals surface area contributed by atoms with Crippen LogP contribution in [-0.4, -0.2) is 42.5 Å². The Morgan fingerprint density at radius 3 is 2.20 bits per heavy atom. The van der Waals surface area contributed by atoms with Crippen LogP contribution in [0.2, 0.25) is 0 Å². The molecule has 6 rings (SSSR count). The van der Waals surface area contributed by atoms with Crippen molar-refractivity contribution in [3.63, 3.8) is 0 Å². The molecule has 1 aliphatic heterocycles. The molecular weight excluding hydrogens is 310 g/mol. The summed E-state index contributed by atoms with van der Waals surface area (Å²) in [5.41, 5.74) is 5.99. The lowest BCUT2D eigenvalue weighted by Crippen LogP contribution is -2.77. The number of nitrogens with zero attached hydrogens (tertiary/aromatic N) is 1. The maximum absolute atomic E-state index is 13.1. The summed E-state index contributed by atoms with van der Waals surface area (Å²) in [6.07, 6.45) is 13.5. The zero-order valence-corrected chi connectivity index (χ0v) is 15.6. The predicted octanol–water partition coefficient (Wildman–Crippen LogP) is 2.52. The molecule has 6 fully saturated rings. The summed E-state index contributed by atoms with van der Waals surface area (Å²) in [6.45, 7) is 3.91. The highest BCUT2D eigenvalue weighted by molar-refractivity contribution is 5.86. The van der Waals surface area contributed by atoms with Gasteiger partial charge in [-0.1, -0.05) is 12.8 Å². The van der Waals surface area contributed by atoms with Crippen molar-refractivity contribution in [2.75, 3.05) is 26.2 Å². The molecule has 25 heavy (non-hydrogen) atoms. The number of carbonyl (C=O) groups excluding carboxylic acids is 1. The van der Waals surface area contributed by atoms with Crippen LogP contribution in [0.25, 0.3) is 0 Å². The predicted molar refractivity (Wildman–Crippen MR) is 98.9 cm³/mol. The average Bonchev–Trinajstić information content (AvgIpc) is 3.07. The third-order valence-electron chi connectivity index (χ3n) is 8.76. The van der Waals surface area contributed by atoms with Crippen molar-refractivity contribution in [1.82, 2.24) is 10.2 Å². The minimum atomic E-state index is -0.427. The van der Waals surface area contributed by atoms with Crippen molar-refractivity contribution in [2.45, 2.75) is 69.7 Å². The molecule has 4 heteroatoms. The van der Waals surface area contributed by atoms with Crippen LogP contribution in [-0.2, 0) is 4.79 Å². The monoisotopic (exact) mass is 345 g/mol. The highest BCUT2D eigenvalue weighted by Crippen LogP contribution is 2.65. The van der Waals surface area contributed by atoms with Gasteiger partial charge in [0, 0.05) is 26.2 Å². The molecule has 6 aliphatic rings. The van der Waals surface area contributed by atoms with Crippen LogP contribution in [0.4, 0.5) is 0 Å². The Kier molecular flexibility index (Phi) is 3.94. The molecule has 0 aromatic heterocycles. The van der Waals surface area contributed by atoms with Gasteiger partial charge in [0.2, 0.25) is 5.91 Å². The molecule has 3 N–H and O–H groups in total. The summed E-state index contributed by atoms with van der Waals surface area (Å²) in [6, 6.07) is 0. The molecule has 1 atom stereocenters. The zero-order chi connectivity index (χ0) is 17.1. The van der Waals surface area contributed by atoms with Gasteiger partial charge in [0.1, 0.15) is 5.54 Å². The van der Waals surface area contributed by atoms with E-state index in [0.717, 1.165) is 49.9 Å². The van der Waals surface area contributed by atoms with Crippen molar-refractivity contribution >= 4 is 5.91 Å². The van der Waals surface area contributed by atoms with Crippen molar-refractivity contribution < 1.29 is 4.79 Å². The van der Waals surface area contributed by atoms with E-state index in [4.69, 9.17) is 5.73 Å². The molecule has 0 aromatic carbocycles. The van der Waals surface area contributed by atoms with Crippen LogP contribution in [0.5, 0.6) is 0 Å². The average molecular weight is 346 g/mol. The second-order valence-electron chi connectivity index (χ2n) is 10.2. The van der Waals surface area contributed by atoms with Crippen LogP contribution in [0.1, 0.15) is 64.2 Å². The molecule has 5 saturated carbocycles. The normalized spacial score (nSPS) is 47.4. The molecule has 1 unspecified atom stereocenters. The Bertz CT molecular complexity index is 506. The highest BCUT2D eigenvalue weighted by Gasteiger charge is 2.65. The number of hydrogen-bond acceptors (Lipinski definition) is 3. The zero-order valence-electron chi connectivity index (χ0n) is 15.6. The Balaban J connectivity index is 1.51. The summed E-state index contributed by atoms with van der Waals surface area (Å²) in [7, 11) is 0. The van der Waals surface area contributed by atoms with Gasteiger partial charge in [0.05, 0.1) is 0 Å². The molecule has 4 nitrogen and oxygen atoms in total. The first-order chi connectivity index (χ1) is 12.1. The molecule has 0 aromatic rings. The van der Waals surface area contributed by atoms with E-state index in [9.17, 15) is 4.79 Å². The number of amides is 1. The Morgan fingerprint density at radius 2 is 1.64 bits per heavy atom. The number of hydrogen-bond donors (Lipinski definition) is 2. The van der Waals surface area contributed by atoms with Gasteiger partial charge in [0.25, 0.3) is 0 Å². The lowest BCUT2D eigenvalue weighted by Gasteiger charge is -2.66. The summed E-state index contributed by atoms with van der Waals surface area (Å²) < 4.78 is 0. The van der Waals surface area contributed by atoms with E-state index >= 15 is 0 Å². The van der Waals surface area contributed by atoms with Gasteiger partial charge in [-0.3, -0.25) is 9.69 Å². The first-order valence-corrected chi connectivity index (χ1v) is 10.9. The Hall–Kier alpha value is -0.610. The molecule has 4 bridgehead atoms. The van der Waals surface area contributed by atoms with E-state index in [1.807, 2.05) is 0 Å². The van der Waals surface area contributed by atoms with Crippen LogP contribution < -0.4 is 11.1 Å². The SMILES string of the molecule is NC(=O)C1(C23CC4CC(CC(C4)C2)C3)CNCCN1CC1CCCC1.